The van der Waals surface area contributed by atoms with Gasteiger partial charge in [0.05, 0.1) is 10.5 Å². The van der Waals surface area contributed by atoms with Crippen LogP contribution in [0.15, 0.2) is 12.3 Å². The van der Waals surface area contributed by atoms with E-state index in [0.29, 0.717) is 0 Å². The lowest BCUT2D eigenvalue weighted by Gasteiger charge is -2.12. The maximum atomic E-state index is 10.8. The second kappa shape index (κ2) is 3.69. The van der Waals surface area contributed by atoms with Gasteiger partial charge >= 0.3 is 11.7 Å². The molecule has 0 saturated heterocycles. The van der Waals surface area contributed by atoms with Gasteiger partial charge in [-0.15, -0.1) is 0 Å². The zero-order valence-corrected chi connectivity index (χ0v) is 9.14. The second-order valence-corrected chi connectivity index (χ2v) is 4.34. The number of aromatic carboxylic acids is 1. The van der Waals surface area contributed by atoms with Crippen molar-refractivity contribution < 1.29 is 14.8 Å². The summed E-state index contributed by atoms with van der Waals surface area (Å²) < 4.78 is 0. The monoisotopic (exact) mass is 237 g/mol. The van der Waals surface area contributed by atoms with Crippen LogP contribution in [0.25, 0.3) is 0 Å². The molecule has 17 heavy (non-hydrogen) atoms. The summed E-state index contributed by atoms with van der Waals surface area (Å²) >= 11 is 0. The average molecular weight is 237 g/mol. The van der Waals surface area contributed by atoms with Gasteiger partial charge in [0.1, 0.15) is 0 Å². The molecule has 2 rings (SSSR count). The number of nitro groups is 1. The van der Waals surface area contributed by atoms with Crippen LogP contribution in [-0.2, 0) is 0 Å². The highest BCUT2D eigenvalue weighted by atomic mass is 16.6. The van der Waals surface area contributed by atoms with E-state index in [1.165, 1.54) is 0 Å². The highest BCUT2D eigenvalue weighted by Gasteiger charge is 2.39. The number of carboxylic acid groups (broad SMARTS) is 1. The summed E-state index contributed by atoms with van der Waals surface area (Å²) in [5, 5.41) is 22.5. The van der Waals surface area contributed by atoms with Gasteiger partial charge in [-0.3, -0.25) is 10.1 Å². The number of aromatic nitrogens is 1. The molecule has 0 spiro atoms. The molecule has 1 saturated carbocycles. The lowest BCUT2D eigenvalue weighted by Crippen LogP contribution is -2.18. The SMILES string of the molecule is CC1(Nc2ncc(C(=O)O)cc2[N+](=O)[O-])CC1. The van der Waals surface area contributed by atoms with E-state index in [-0.39, 0.29) is 22.6 Å². The summed E-state index contributed by atoms with van der Waals surface area (Å²) in [6.07, 6.45) is 2.96. The zero-order valence-electron chi connectivity index (χ0n) is 9.14. The molecule has 0 bridgehead atoms. The van der Waals surface area contributed by atoms with Crippen molar-refractivity contribution in [1.29, 1.82) is 0 Å². The van der Waals surface area contributed by atoms with Crippen LogP contribution in [0.3, 0.4) is 0 Å². The van der Waals surface area contributed by atoms with Gasteiger partial charge < -0.3 is 10.4 Å². The summed E-state index contributed by atoms with van der Waals surface area (Å²) in [6, 6.07) is 1.02. The van der Waals surface area contributed by atoms with E-state index < -0.39 is 10.9 Å². The Morgan fingerprint density at radius 3 is 2.76 bits per heavy atom. The Kier molecular flexibility index (Phi) is 2.45. The molecule has 1 aliphatic carbocycles. The lowest BCUT2D eigenvalue weighted by molar-refractivity contribution is -0.384. The Morgan fingerprint density at radius 2 is 2.29 bits per heavy atom. The van der Waals surface area contributed by atoms with Crippen LogP contribution in [-0.4, -0.2) is 26.5 Å². The molecule has 90 valence electrons. The fourth-order valence-corrected chi connectivity index (χ4v) is 1.40. The molecule has 2 N–H and O–H groups in total. The van der Waals surface area contributed by atoms with Crippen LogP contribution in [0.5, 0.6) is 0 Å². The van der Waals surface area contributed by atoms with Gasteiger partial charge in [-0.05, 0) is 19.8 Å². The number of anilines is 1. The fourth-order valence-electron chi connectivity index (χ4n) is 1.40. The number of carboxylic acids is 1. The summed E-state index contributed by atoms with van der Waals surface area (Å²) in [4.78, 5) is 24.7. The molecule has 7 nitrogen and oxygen atoms in total. The number of carbonyl (C=O) groups is 1. The lowest BCUT2D eigenvalue weighted by atomic mass is 10.2. The van der Waals surface area contributed by atoms with Crippen molar-refractivity contribution in [3.05, 3.63) is 27.9 Å². The van der Waals surface area contributed by atoms with Crippen LogP contribution < -0.4 is 5.32 Å². The van der Waals surface area contributed by atoms with Gasteiger partial charge in [0, 0.05) is 17.8 Å². The Morgan fingerprint density at radius 1 is 1.65 bits per heavy atom. The zero-order chi connectivity index (χ0) is 12.6. The minimum atomic E-state index is -1.23. The average Bonchev–Trinajstić information content (AvgIpc) is 2.96. The second-order valence-electron chi connectivity index (χ2n) is 4.34. The normalized spacial score (nSPS) is 16.3. The van der Waals surface area contributed by atoms with Crippen LogP contribution in [0.2, 0.25) is 0 Å². The third-order valence-electron chi connectivity index (χ3n) is 2.73. The Balaban J connectivity index is 2.37. The predicted octanol–water partition coefficient (Wildman–Crippen LogP) is 1.65. The number of hydrogen-bond acceptors (Lipinski definition) is 5. The van der Waals surface area contributed by atoms with E-state index in [1.54, 1.807) is 0 Å². The molecular formula is C10H11N3O4. The summed E-state index contributed by atoms with van der Waals surface area (Å²) in [5.41, 5.74) is -0.649. The molecule has 1 fully saturated rings. The Bertz CT molecular complexity index is 496. The van der Waals surface area contributed by atoms with E-state index in [4.69, 9.17) is 5.11 Å². The van der Waals surface area contributed by atoms with Gasteiger partial charge in [-0.2, -0.15) is 0 Å². The number of nitrogens with one attached hydrogen (secondary N) is 1. The van der Waals surface area contributed by atoms with Crippen LogP contribution >= 0.6 is 0 Å². The van der Waals surface area contributed by atoms with Gasteiger partial charge in [0.2, 0.25) is 5.82 Å². The third kappa shape index (κ3) is 2.32. The van der Waals surface area contributed by atoms with Crippen molar-refractivity contribution in [3.63, 3.8) is 0 Å². The molecule has 7 heteroatoms. The first-order valence-corrected chi connectivity index (χ1v) is 5.07. The molecule has 1 heterocycles. The van der Waals surface area contributed by atoms with Crippen LogP contribution in [0.1, 0.15) is 30.1 Å². The first-order chi connectivity index (χ1) is 7.91. The van der Waals surface area contributed by atoms with Crippen molar-refractivity contribution in [2.75, 3.05) is 5.32 Å². The van der Waals surface area contributed by atoms with Crippen molar-refractivity contribution in [2.45, 2.75) is 25.3 Å². The third-order valence-corrected chi connectivity index (χ3v) is 2.73. The molecule has 1 aliphatic rings. The molecule has 0 atom stereocenters. The van der Waals surface area contributed by atoms with Crippen LogP contribution in [0.4, 0.5) is 11.5 Å². The van der Waals surface area contributed by atoms with Crippen molar-refractivity contribution in [1.82, 2.24) is 4.98 Å². The smallest absolute Gasteiger partial charge is 0.337 e. The standard InChI is InChI=1S/C10H11N3O4/c1-10(2-3-10)12-8-7(13(16)17)4-6(5-11-8)9(14)15/h4-5H,2-3H2,1H3,(H,11,12)(H,14,15). The highest BCUT2D eigenvalue weighted by Crippen LogP contribution is 2.39. The first kappa shape index (κ1) is 11.3. The van der Waals surface area contributed by atoms with E-state index in [2.05, 4.69) is 10.3 Å². The van der Waals surface area contributed by atoms with E-state index in [9.17, 15) is 14.9 Å². The van der Waals surface area contributed by atoms with E-state index in [0.717, 1.165) is 25.1 Å². The van der Waals surface area contributed by atoms with E-state index in [1.807, 2.05) is 6.92 Å². The summed E-state index contributed by atoms with van der Waals surface area (Å²) in [6.45, 7) is 1.93. The molecule has 1 aromatic heterocycles. The fraction of sp³-hybridized carbons (Fsp3) is 0.400. The van der Waals surface area contributed by atoms with Gasteiger partial charge in [-0.1, -0.05) is 0 Å². The molecule has 0 amide bonds. The minimum absolute atomic E-state index is 0.125. The molecule has 0 unspecified atom stereocenters. The van der Waals surface area contributed by atoms with Crippen molar-refractivity contribution >= 4 is 17.5 Å². The number of hydrogen-bond donors (Lipinski definition) is 2. The minimum Gasteiger partial charge on any atom is -0.478 e. The number of nitrogens with zero attached hydrogens (tertiary/aromatic N) is 2. The molecule has 0 aliphatic heterocycles. The summed E-state index contributed by atoms with van der Waals surface area (Å²) in [5.74, 6) is -1.11. The van der Waals surface area contributed by atoms with E-state index >= 15 is 0 Å². The topological polar surface area (TPSA) is 105 Å². The van der Waals surface area contributed by atoms with Gasteiger partial charge in [-0.25, -0.2) is 9.78 Å². The van der Waals surface area contributed by atoms with Gasteiger partial charge in [0.15, 0.2) is 0 Å². The quantitative estimate of drug-likeness (QED) is 0.609. The maximum absolute atomic E-state index is 10.8. The molecular weight excluding hydrogens is 226 g/mol. The van der Waals surface area contributed by atoms with Gasteiger partial charge in [0.25, 0.3) is 0 Å². The van der Waals surface area contributed by atoms with Crippen molar-refractivity contribution in [2.24, 2.45) is 0 Å². The number of rotatable bonds is 4. The van der Waals surface area contributed by atoms with Crippen LogP contribution in [0, 0.1) is 10.1 Å². The largest absolute Gasteiger partial charge is 0.478 e. The summed E-state index contributed by atoms with van der Waals surface area (Å²) in [7, 11) is 0. The number of pyridine rings is 1. The highest BCUT2D eigenvalue weighted by molar-refractivity contribution is 5.88. The Labute approximate surface area is 96.6 Å². The predicted molar refractivity (Wildman–Crippen MR) is 59.1 cm³/mol. The maximum Gasteiger partial charge on any atom is 0.337 e. The van der Waals surface area contributed by atoms with Crippen molar-refractivity contribution in [3.8, 4) is 0 Å². The first-order valence-electron chi connectivity index (χ1n) is 5.07. The molecule has 0 aromatic carbocycles. The Hall–Kier alpha value is -2.18. The molecule has 1 aromatic rings. The molecule has 0 radical (unpaired) electrons.